The van der Waals surface area contributed by atoms with Crippen molar-refractivity contribution < 1.29 is 4.79 Å². The highest BCUT2D eigenvalue weighted by Gasteiger charge is 2.35. The number of nitrogens with one attached hydrogen (secondary N) is 1. The largest absolute Gasteiger partial charge is 0.368 e. The molecule has 0 bridgehead atoms. The fraction of sp³-hybridized carbons (Fsp3) is 0.875. The Labute approximate surface area is 79.5 Å². The molecule has 0 aromatic heterocycles. The summed E-state index contributed by atoms with van der Waals surface area (Å²) in [6.45, 7) is 0. The van der Waals surface area contributed by atoms with Gasteiger partial charge in [-0.05, 0) is 19.9 Å². The fourth-order valence-electron chi connectivity index (χ4n) is 1.77. The molecule has 0 aromatic rings. The molecule has 72 valence electrons. The zero-order valence-electron chi connectivity index (χ0n) is 7.43. The molecule has 0 saturated heterocycles. The zero-order chi connectivity index (χ0) is 8.32. The molecule has 0 radical (unpaired) electrons. The predicted molar refractivity (Wildman–Crippen MR) is 51.3 cm³/mol. The van der Waals surface area contributed by atoms with Crippen LogP contribution >= 0.6 is 12.4 Å². The van der Waals surface area contributed by atoms with Gasteiger partial charge in [-0.15, -0.1) is 12.4 Å². The van der Waals surface area contributed by atoms with Crippen molar-refractivity contribution in [3.05, 3.63) is 0 Å². The first-order valence-corrected chi connectivity index (χ1v) is 4.20. The maximum atomic E-state index is 11.1. The lowest BCUT2D eigenvalue weighted by atomic mass is 9.81. The number of nitrogens with two attached hydrogens (primary N) is 1. The van der Waals surface area contributed by atoms with Crippen molar-refractivity contribution in [3.8, 4) is 0 Å². The van der Waals surface area contributed by atoms with Crippen molar-refractivity contribution in [1.82, 2.24) is 5.32 Å². The molecule has 0 aromatic carbocycles. The van der Waals surface area contributed by atoms with E-state index in [0.29, 0.717) is 0 Å². The molecule has 1 saturated carbocycles. The monoisotopic (exact) mass is 192 g/mol. The van der Waals surface area contributed by atoms with Crippen LogP contribution in [0.5, 0.6) is 0 Å². The Balaban J connectivity index is 0.00000121. The Hall–Kier alpha value is -0.280. The molecule has 0 heterocycles. The van der Waals surface area contributed by atoms with Gasteiger partial charge in [0.2, 0.25) is 5.91 Å². The first-order chi connectivity index (χ1) is 5.21. The SMILES string of the molecule is CNC1(C(N)=O)CCCCC1.Cl. The van der Waals surface area contributed by atoms with E-state index in [-0.39, 0.29) is 18.3 Å². The smallest absolute Gasteiger partial charge is 0.237 e. The molecule has 0 aliphatic heterocycles. The number of carbonyl (C=O) groups is 1. The quantitative estimate of drug-likeness (QED) is 0.681. The first-order valence-electron chi connectivity index (χ1n) is 4.20. The number of likely N-dealkylation sites (N-methyl/N-ethyl adjacent to an activating group) is 1. The van der Waals surface area contributed by atoms with Gasteiger partial charge in [0, 0.05) is 0 Å². The third-order valence-corrected chi connectivity index (χ3v) is 2.66. The summed E-state index contributed by atoms with van der Waals surface area (Å²) in [6, 6.07) is 0. The minimum absolute atomic E-state index is 0. The molecule has 1 aliphatic rings. The molecule has 1 fully saturated rings. The van der Waals surface area contributed by atoms with Gasteiger partial charge in [-0.1, -0.05) is 19.3 Å². The fourth-order valence-corrected chi connectivity index (χ4v) is 1.77. The maximum Gasteiger partial charge on any atom is 0.237 e. The Morgan fingerprint density at radius 2 is 1.83 bits per heavy atom. The van der Waals surface area contributed by atoms with E-state index in [9.17, 15) is 4.79 Å². The first kappa shape index (κ1) is 11.7. The van der Waals surface area contributed by atoms with Crippen LogP contribution in [0, 0.1) is 0 Å². The average molecular weight is 193 g/mol. The van der Waals surface area contributed by atoms with Gasteiger partial charge in [0.1, 0.15) is 0 Å². The van der Waals surface area contributed by atoms with E-state index in [1.165, 1.54) is 6.42 Å². The van der Waals surface area contributed by atoms with Gasteiger partial charge in [0.15, 0.2) is 0 Å². The van der Waals surface area contributed by atoms with Crippen LogP contribution in [0.4, 0.5) is 0 Å². The van der Waals surface area contributed by atoms with Crippen LogP contribution in [0.2, 0.25) is 0 Å². The van der Waals surface area contributed by atoms with Crippen LogP contribution in [0.3, 0.4) is 0 Å². The molecule has 1 amide bonds. The summed E-state index contributed by atoms with van der Waals surface area (Å²) in [7, 11) is 1.82. The molecule has 4 heteroatoms. The maximum absolute atomic E-state index is 11.1. The van der Waals surface area contributed by atoms with E-state index in [0.717, 1.165) is 25.7 Å². The molecule has 0 spiro atoms. The van der Waals surface area contributed by atoms with E-state index in [2.05, 4.69) is 5.32 Å². The van der Waals surface area contributed by atoms with Crippen molar-refractivity contribution in [3.63, 3.8) is 0 Å². The van der Waals surface area contributed by atoms with Crippen LogP contribution in [-0.4, -0.2) is 18.5 Å². The van der Waals surface area contributed by atoms with Crippen LogP contribution in [-0.2, 0) is 4.79 Å². The third kappa shape index (κ3) is 2.11. The van der Waals surface area contributed by atoms with Crippen LogP contribution < -0.4 is 11.1 Å². The summed E-state index contributed by atoms with van der Waals surface area (Å²) in [5.41, 5.74) is 4.92. The van der Waals surface area contributed by atoms with Gasteiger partial charge >= 0.3 is 0 Å². The van der Waals surface area contributed by atoms with E-state index in [1.54, 1.807) is 0 Å². The molecule has 3 nitrogen and oxygen atoms in total. The highest BCUT2D eigenvalue weighted by molar-refractivity contribution is 5.85. The standard InChI is InChI=1S/C8H16N2O.ClH/c1-10-8(7(9)11)5-3-2-4-6-8;/h10H,2-6H2,1H3,(H2,9,11);1H. The highest BCUT2D eigenvalue weighted by Crippen LogP contribution is 2.27. The molecule has 1 rings (SSSR count). The van der Waals surface area contributed by atoms with Crippen molar-refractivity contribution in [2.45, 2.75) is 37.6 Å². The lowest BCUT2D eigenvalue weighted by molar-refractivity contribution is -0.125. The summed E-state index contributed by atoms with van der Waals surface area (Å²) in [5.74, 6) is -0.195. The number of carbonyl (C=O) groups excluding carboxylic acids is 1. The molecule has 0 atom stereocenters. The molecule has 0 unspecified atom stereocenters. The third-order valence-electron chi connectivity index (χ3n) is 2.66. The Morgan fingerprint density at radius 3 is 2.08 bits per heavy atom. The second-order valence-corrected chi connectivity index (χ2v) is 3.26. The number of hydrogen-bond donors (Lipinski definition) is 2. The van der Waals surface area contributed by atoms with Crippen molar-refractivity contribution in [2.24, 2.45) is 5.73 Å². The summed E-state index contributed by atoms with van der Waals surface area (Å²) in [4.78, 5) is 11.1. The number of rotatable bonds is 2. The highest BCUT2D eigenvalue weighted by atomic mass is 35.5. The van der Waals surface area contributed by atoms with Crippen LogP contribution in [0.15, 0.2) is 0 Å². The zero-order valence-corrected chi connectivity index (χ0v) is 8.25. The van der Waals surface area contributed by atoms with Crippen molar-refractivity contribution >= 4 is 18.3 Å². The topological polar surface area (TPSA) is 55.1 Å². The summed E-state index contributed by atoms with van der Waals surface area (Å²) >= 11 is 0. The van der Waals surface area contributed by atoms with Gasteiger partial charge in [0.05, 0.1) is 5.54 Å². The summed E-state index contributed by atoms with van der Waals surface area (Å²) < 4.78 is 0. The van der Waals surface area contributed by atoms with Gasteiger partial charge in [-0.3, -0.25) is 4.79 Å². The molecular formula is C8H17ClN2O. The van der Waals surface area contributed by atoms with E-state index >= 15 is 0 Å². The van der Waals surface area contributed by atoms with Crippen molar-refractivity contribution in [2.75, 3.05) is 7.05 Å². The Morgan fingerprint density at radius 1 is 1.33 bits per heavy atom. The normalized spacial score (nSPS) is 21.1. The van der Waals surface area contributed by atoms with E-state index in [4.69, 9.17) is 5.73 Å². The number of halogens is 1. The Bertz CT molecular complexity index is 155. The van der Waals surface area contributed by atoms with Gasteiger partial charge in [0.25, 0.3) is 0 Å². The molecule has 12 heavy (non-hydrogen) atoms. The minimum atomic E-state index is -0.391. The van der Waals surface area contributed by atoms with Crippen LogP contribution in [0.1, 0.15) is 32.1 Å². The van der Waals surface area contributed by atoms with E-state index in [1.807, 2.05) is 7.05 Å². The Kier molecular flexibility index (Phi) is 4.57. The van der Waals surface area contributed by atoms with Gasteiger partial charge in [-0.2, -0.15) is 0 Å². The van der Waals surface area contributed by atoms with Crippen molar-refractivity contribution in [1.29, 1.82) is 0 Å². The number of hydrogen-bond acceptors (Lipinski definition) is 2. The second-order valence-electron chi connectivity index (χ2n) is 3.26. The summed E-state index contributed by atoms with van der Waals surface area (Å²) in [5, 5.41) is 3.04. The average Bonchev–Trinajstić information content (AvgIpc) is 2.05. The van der Waals surface area contributed by atoms with Gasteiger partial charge in [-0.25, -0.2) is 0 Å². The van der Waals surface area contributed by atoms with Gasteiger partial charge < -0.3 is 11.1 Å². The number of amides is 1. The minimum Gasteiger partial charge on any atom is -0.368 e. The predicted octanol–water partition coefficient (Wildman–Crippen LogP) is 0.816. The second kappa shape index (κ2) is 4.67. The number of primary amides is 1. The molecule has 1 aliphatic carbocycles. The lowest BCUT2D eigenvalue weighted by Gasteiger charge is -2.33. The van der Waals surface area contributed by atoms with E-state index < -0.39 is 5.54 Å². The summed E-state index contributed by atoms with van der Waals surface area (Å²) in [6.07, 6.45) is 5.27. The molecular weight excluding hydrogens is 176 g/mol. The van der Waals surface area contributed by atoms with Crippen LogP contribution in [0.25, 0.3) is 0 Å². The molecule has 3 N–H and O–H groups in total. The lowest BCUT2D eigenvalue weighted by Crippen LogP contribution is -2.54.